The van der Waals surface area contributed by atoms with Gasteiger partial charge in [0, 0.05) is 49.3 Å². The van der Waals surface area contributed by atoms with Crippen molar-refractivity contribution in [2.75, 3.05) is 50.5 Å². The number of nitrogens with zero attached hydrogens (tertiary/aromatic N) is 4. The number of hydrogen-bond donors (Lipinski definition) is 0. The van der Waals surface area contributed by atoms with E-state index in [1.165, 1.54) is 29.5 Å². The van der Waals surface area contributed by atoms with Gasteiger partial charge in [0.25, 0.3) is 11.6 Å². The number of ether oxygens (including phenoxy) is 1. The summed E-state index contributed by atoms with van der Waals surface area (Å²) < 4.78 is 6.46. The van der Waals surface area contributed by atoms with E-state index < -0.39 is 4.92 Å². The van der Waals surface area contributed by atoms with Gasteiger partial charge in [0.05, 0.1) is 28.4 Å². The molecule has 0 N–H and O–H groups in total. The number of aromatic nitrogens is 1. The molecule has 2 aromatic carbocycles. The SMILES string of the molecule is CSc1cccc2sc(N(CCN3CCOCC3)C(=O)C=Cc3cccc([N+](=O)[O-])c3)nc12.Cl. The second kappa shape index (κ2) is 12.3. The van der Waals surface area contributed by atoms with Crippen molar-refractivity contribution in [3.05, 3.63) is 64.2 Å². The van der Waals surface area contributed by atoms with Crippen LogP contribution < -0.4 is 4.90 Å². The van der Waals surface area contributed by atoms with Crippen molar-refractivity contribution in [1.82, 2.24) is 9.88 Å². The standard InChI is InChI=1S/C23H24N4O4S2.ClH/c1-32-19-6-3-7-20-22(19)24-23(33-20)26(11-10-25-12-14-31-15-13-25)21(28)9-8-17-4-2-5-18(16-17)27(29)30;/h2-9,16H,10-15H2,1H3;1H. The van der Waals surface area contributed by atoms with E-state index in [1.807, 2.05) is 24.5 Å². The lowest BCUT2D eigenvalue weighted by Gasteiger charge is -2.28. The lowest BCUT2D eigenvalue weighted by atomic mass is 10.2. The minimum Gasteiger partial charge on any atom is -0.379 e. The smallest absolute Gasteiger partial charge is 0.270 e. The molecule has 0 saturated carbocycles. The summed E-state index contributed by atoms with van der Waals surface area (Å²) in [4.78, 5) is 33.7. The number of para-hydroxylation sites is 1. The number of rotatable bonds is 8. The number of fused-ring (bicyclic) bond motifs is 1. The lowest BCUT2D eigenvalue weighted by molar-refractivity contribution is -0.384. The van der Waals surface area contributed by atoms with E-state index in [2.05, 4.69) is 4.90 Å². The first-order chi connectivity index (χ1) is 16.0. The van der Waals surface area contributed by atoms with Crippen molar-refractivity contribution in [3.63, 3.8) is 0 Å². The number of anilines is 1. The number of carbonyl (C=O) groups is 1. The van der Waals surface area contributed by atoms with Crippen LogP contribution in [-0.2, 0) is 9.53 Å². The summed E-state index contributed by atoms with van der Waals surface area (Å²) in [7, 11) is 0. The first-order valence-electron chi connectivity index (χ1n) is 10.5. The van der Waals surface area contributed by atoms with E-state index in [1.54, 1.807) is 34.9 Å². The predicted octanol–water partition coefficient (Wildman–Crippen LogP) is 4.73. The van der Waals surface area contributed by atoms with Gasteiger partial charge in [0.2, 0.25) is 0 Å². The van der Waals surface area contributed by atoms with Crippen LogP contribution in [-0.4, -0.2) is 66.4 Å². The van der Waals surface area contributed by atoms with Crippen molar-refractivity contribution < 1.29 is 14.5 Å². The molecule has 1 aliphatic heterocycles. The van der Waals surface area contributed by atoms with Crippen molar-refractivity contribution in [2.24, 2.45) is 0 Å². The zero-order valence-electron chi connectivity index (χ0n) is 18.6. The Bertz CT molecular complexity index is 1180. The number of morpholine rings is 1. The highest BCUT2D eigenvalue weighted by Gasteiger charge is 2.21. The molecule has 0 radical (unpaired) electrons. The molecule has 0 unspecified atom stereocenters. The number of benzene rings is 2. The molecule has 1 aliphatic rings. The average molecular weight is 521 g/mol. The summed E-state index contributed by atoms with van der Waals surface area (Å²) in [5.41, 5.74) is 1.49. The maximum atomic E-state index is 13.3. The number of halogens is 1. The molecule has 0 bridgehead atoms. The van der Waals surface area contributed by atoms with Gasteiger partial charge in [-0.25, -0.2) is 4.98 Å². The number of amides is 1. The highest BCUT2D eigenvalue weighted by Crippen LogP contribution is 2.34. The van der Waals surface area contributed by atoms with Crippen LogP contribution in [0.25, 0.3) is 16.3 Å². The Kier molecular flexibility index (Phi) is 9.43. The highest BCUT2D eigenvalue weighted by atomic mass is 35.5. The maximum Gasteiger partial charge on any atom is 0.270 e. The van der Waals surface area contributed by atoms with Gasteiger partial charge in [-0.1, -0.05) is 29.5 Å². The topological polar surface area (TPSA) is 88.8 Å². The van der Waals surface area contributed by atoms with Crippen LogP contribution in [0.1, 0.15) is 5.56 Å². The maximum absolute atomic E-state index is 13.3. The monoisotopic (exact) mass is 520 g/mol. The van der Waals surface area contributed by atoms with Crippen LogP contribution >= 0.6 is 35.5 Å². The van der Waals surface area contributed by atoms with E-state index in [4.69, 9.17) is 9.72 Å². The number of nitro benzene ring substituents is 1. The molecule has 180 valence electrons. The lowest BCUT2D eigenvalue weighted by Crippen LogP contribution is -2.42. The van der Waals surface area contributed by atoms with Gasteiger partial charge in [0.1, 0.15) is 0 Å². The van der Waals surface area contributed by atoms with Crippen molar-refractivity contribution >= 4 is 68.5 Å². The van der Waals surface area contributed by atoms with Crippen molar-refractivity contribution in [2.45, 2.75) is 4.90 Å². The largest absolute Gasteiger partial charge is 0.379 e. The van der Waals surface area contributed by atoms with Gasteiger partial charge < -0.3 is 4.74 Å². The summed E-state index contributed by atoms with van der Waals surface area (Å²) in [5.74, 6) is -0.209. The summed E-state index contributed by atoms with van der Waals surface area (Å²) >= 11 is 3.12. The number of thiazole rings is 1. The second-order valence-electron chi connectivity index (χ2n) is 7.43. The van der Waals surface area contributed by atoms with Gasteiger partial charge in [-0.3, -0.25) is 24.7 Å². The van der Waals surface area contributed by atoms with Crippen LogP contribution in [0.5, 0.6) is 0 Å². The Labute approximate surface area is 212 Å². The minimum atomic E-state index is -0.446. The van der Waals surface area contributed by atoms with Crippen molar-refractivity contribution in [1.29, 1.82) is 0 Å². The molecule has 11 heteroatoms. The number of thioether (sulfide) groups is 1. The number of non-ortho nitro benzene ring substituents is 1. The number of hydrogen-bond acceptors (Lipinski definition) is 8. The normalized spacial score (nSPS) is 14.3. The van der Waals surface area contributed by atoms with Gasteiger partial charge in [0.15, 0.2) is 5.13 Å². The molecule has 3 aromatic rings. The summed E-state index contributed by atoms with van der Waals surface area (Å²) in [5, 5.41) is 11.7. The van der Waals surface area contributed by atoms with Gasteiger partial charge in [-0.2, -0.15) is 0 Å². The minimum absolute atomic E-state index is 0. The fourth-order valence-electron chi connectivity index (χ4n) is 3.56. The van der Waals surface area contributed by atoms with E-state index in [9.17, 15) is 14.9 Å². The molecule has 4 rings (SSSR count). The second-order valence-corrected chi connectivity index (χ2v) is 9.29. The van der Waals surface area contributed by atoms with E-state index in [0.717, 1.165) is 28.2 Å². The molecule has 0 aliphatic carbocycles. The quantitative estimate of drug-likeness (QED) is 0.184. The van der Waals surface area contributed by atoms with Gasteiger partial charge in [-0.15, -0.1) is 24.2 Å². The Hall–Kier alpha value is -2.50. The molecule has 2 heterocycles. The van der Waals surface area contributed by atoms with Crippen LogP contribution in [0, 0.1) is 10.1 Å². The fraction of sp³-hybridized carbons (Fsp3) is 0.304. The molecule has 0 spiro atoms. The van der Waals surface area contributed by atoms with E-state index in [0.29, 0.717) is 37.0 Å². The first-order valence-corrected chi connectivity index (χ1v) is 12.6. The molecule has 34 heavy (non-hydrogen) atoms. The van der Waals surface area contributed by atoms with Crippen LogP contribution in [0.3, 0.4) is 0 Å². The number of carbonyl (C=O) groups excluding carboxylic acids is 1. The Morgan fingerprint density at radius 1 is 1.29 bits per heavy atom. The molecule has 1 saturated heterocycles. The zero-order valence-corrected chi connectivity index (χ0v) is 21.0. The first kappa shape index (κ1) is 26.1. The third-order valence-electron chi connectivity index (χ3n) is 5.33. The zero-order chi connectivity index (χ0) is 23.2. The summed E-state index contributed by atoms with van der Waals surface area (Å²) in [6.45, 7) is 4.26. The molecule has 8 nitrogen and oxygen atoms in total. The van der Waals surface area contributed by atoms with Gasteiger partial charge in [-0.05, 0) is 30.0 Å². The molecular weight excluding hydrogens is 496 g/mol. The Balaban J connectivity index is 0.00000324. The molecular formula is C23H25ClN4O4S2. The summed E-state index contributed by atoms with van der Waals surface area (Å²) in [6.07, 6.45) is 5.08. The Morgan fingerprint density at radius 2 is 2.06 bits per heavy atom. The molecule has 1 amide bonds. The van der Waals surface area contributed by atoms with Crippen molar-refractivity contribution in [3.8, 4) is 0 Å². The highest BCUT2D eigenvalue weighted by molar-refractivity contribution is 7.98. The predicted molar refractivity (Wildman–Crippen MR) is 140 cm³/mol. The van der Waals surface area contributed by atoms with E-state index >= 15 is 0 Å². The molecule has 1 fully saturated rings. The average Bonchev–Trinajstić information content (AvgIpc) is 3.27. The third kappa shape index (κ3) is 6.34. The Morgan fingerprint density at radius 3 is 2.79 bits per heavy atom. The molecule has 1 aromatic heterocycles. The fourth-order valence-corrected chi connectivity index (χ4v) is 5.21. The van der Waals surface area contributed by atoms with E-state index in [-0.39, 0.29) is 24.0 Å². The van der Waals surface area contributed by atoms with Gasteiger partial charge >= 0.3 is 0 Å². The summed E-state index contributed by atoms with van der Waals surface area (Å²) in [6, 6.07) is 12.3. The van der Waals surface area contributed by atoms with Crippen LogP contribution in [0.15, 0.2) is 53.4 Å². The van der Waals surface area contributed by atoms with Crippen LogP contribution in [0.4, 0.5) is 10.8 Å². The van der Waals surface area contributed by atoms with Crippen LogP contribution in [0.2, 0.25) is 0 Å². The third-order valence-corrected chi connectivity index (χ3v) is 7.14. The number of nitro groups is 1. The molecule has 0 atom stereocenters.